The van der Waals surface area contributed by atoms with Crippen molar-refractivity contribution in [2.75, 3.05) is 6.54 Å². The molecular formula is C12H15BrN4O2S. The van der Waals surface area contributed by atoms with Crippen LogP contribution in [0.4, 0.5) is 0 Å². The fraction of sp³-hybridized carbons (Fsp3) is 0.333. The summed E-state index contributed by atoms with van der Waals surface area (Å²) in [6, 6.07) is 7.98. The lowest BCUT2D eigenvalue weighted by Gasteiger charge is -2.07. The van der Waals surface area contributed by atoms with E-state index in [-0.39, 0.29) is 9.63 Å². The second kappa shape index (κ2) is 6.02. The Balaban J connectivity index is 2.04. The Labute approximate surface area is 126 Å². The molecule has 0 unspecified atom stereocenters. The van der Waals surface area contributed by atoms with Gasteiger partial charge in [-0.05, 0) is 34.8 Å². The van der Waals surface area contributed by atoms with Gasteiger partial charge in [-0.3, -0.25) is 0 Å². The number of hydrogen-bond acceptors (Lipinski definition) is 4. The molecule has 1 aromatic heterocycles. The van der Waals surface area contributed by atoms with Crippen molar-refractivity contribution < 1.29 is 8.42 Å². The molecule has 0 aliphatic carbocycles. The normalized spacial score (nSPS) is 11.8. The zero-order valence-corrected chi connectivity index (χ0v) is 13.6. The average Bonchev–Trinajstić information content (AvgIpc) is 2.69. The second-order valence-electron chi connectivity index (χ2n) is 4.45. The summed E-state index contributed by atoms with van der Waals surface area (Å²) in [7, 11) is -2.08. The molecule has 0 atom stereocenters. The number of nitrogens with one attached hydrogen (secondary N) is 1. The van der Waals surface area contributed by atoms with E-state index in [1.54, 1.807) is 0 Å². The van der Waals surface area contributed by atoms with Crippen molar-refractivity contribution in [1.29, 1.82) is 0 Å². The molecule has 6 nitrogen and oxygen atoms in total. The van der Waals surface area contributed by atoms with Crippen molar-refractivity contribution in [1.82, 2.24) is 19.7 Å². The van der Waals surface area contributed by atoms with Gasteiger partial charge in [0.2, 0.25) is 5.03 Å². The van der Waals surface area contributed by atoms with Crippen molar-refractivity contribution in [2.24, 2.45) is 7.05 Å². The van der Waals surface area contributed by atoms with E-state index in [0.717, 1.165) is 11.1 Å². The molecule has 0 saturated heterocycles. The molecule has 0 saturated carbocycles. The van der Waals surface area contributed by atoms with Gasteiger partial charge in [-0.2, -0.15) is 0 Å². The van der Waals surface area contributed by atoms with Crippen LogP contribution in [-0.2, 0) is 23.5 Å². The largest absolute Gasteiger partial charge is 0.260 e. The van der Waals surface area contributed by atoms with E-state index >= 15 is 0 Å². The monoisotopic (exact) mass is 358 g/mol. The fourth-order valence-electron chi connectivity index (χ4n) is 1.87. The molecule has 0 aliphatic rings. The van der Waals surface area contributed by atoms with Crippen molar-refractivity contribution in [2.45, 2.75) is 18.4 Å². The van der Waals surface area contributed by atoms with Crippen LogP contribution in [0.15, 0.2) is 33.9 Å². The maximum atomic E-state index is 12.2. The zero-order chi connectivity index (χ0) is 14.8. The van der Waals surface area contributed by atoms with Crippen molar-refractivity contribution in [3.63, 3.8) is 0 Å². The first-order valence-electron chi connectivity index (χ1n) is 6.00. The number of aryl methyl sites for hydroxylation is 2. The molecule has 0 spiro atoms. The minimum Gasteiger partial charge on any atom is -0.235 e. The summed E-state index contributed by atoms with van der Waals surface area (Å²) in [6.07, 6.45) is 0.629. The summed E-state index contributed by atoms with van der Waals surface area (Å²) in [5, 5.41) is 7.36. The second-order valence-corrected chi connectivity index (χ2v) is 6.88. The highest BCUT2D eigenvalue weighted by atomic mass is 79.9. The first-order valence-corrected chi connectivity index (χ1v) is 8.28. The number of halogens is 1. The summed E-state index contributed by atoms with van der Waals surface area (Å²) < 4.78 is 28.3. The van der Waals surface area contributed by atoms with Crippen LogP contribution in [0.1, 0.15) is 11.1 Å². The molecule has 108 valence electrons. The van der Waals surface area contributed by atoms with Gasteiger partial charge in [-0.1, -0.05) is 35.0 Å². The van der Waals surface area contributed by atoms with Gasteiger partial charge in [0.1, 0.15) is 0 Å². The SMILES string of the molecule is Cc1cccc(CCNS(=O)(=O)c2c(Br)nnn2C)c1. The van der Waals surface area contributed by atoms with Crippen LogP contribution in [0, 0.1) is 6.92 Å². The highest BCUT2D eigenvalue weighted by Crippen LogP contribution is 2.17. The lowest BCUT2D eigenvalue weighted by atomic mass is 10.1. The molecule has 1 N–H and O–H groups in total. The van der Waals surface area contributed by atoms with Crippen molar-refractivity contribution in [3.8, 4) is 0 Å². The van der Waals surface area contributed by atoms with E-state index in [2.05, 4.69) is 31.0 Å². The minimum atomic E-state index is -3.62. The first kappa shape index (κ1) is 15.1. The number of aromatic nitrogens is 3. The van der Waals surface area contributed by atoms with Gasteiger partial charge in [0, 0.05) is 13.6 Å². The van der Waals surface area contributed by atoms with Gasteiger partial charge in [0.25, 0.3) is 10.0 Å². The summed E-state index contributed by atoms with van der Waals surface area (Å²) in [4.78, 5) is 0. The Morgan fingerprint density at radius 3 is 2.75 bits per heavy atom. The third-order valence-electron chi connectivity index (χ3n) is 2.78. The lowest BCUT2D eigenvalue weighted by Crippen LogP contribution is -2.28. The van der Waals surface area contributed by atoms with Crippen LogP contribution in [-0.4, -0.2) is 30.0 Å². The van der Waals surface area contributed by atoms with E-state index in [0.29, 0.717) is 13.0 Å². The Morgan fingerprint density at radius 1 is 1.40 bits per heavy atom. The van der Waals surface area contributed by atoms with Gasteiger partial charge in [-0.25, -0.2) is 17.8 Å². The molecule has 2 rings (SSSR count). The quantitative estimate of drug-likeness (QED) is 0.876. The number of hydrogen-bond donors (Lipinski definition) is 1. The van der Waals surface area contributed by atoms with Crippen LogP contribution < -0.4 is 4.72 Å². The van der Waals surface area contributed by atoms with Gasteiger partial charge in [0.05, 0.1) is 0 Å². The standard InChI is InChI=1S/C12H15BrN4O2S/c1-9-4-3-5-10(8-9)6-7-14-20(18,19)12-11(13)15-16-17(12)2/h3-5,8,14H,6-7H2,1-2H3. The van der Waals surface area contributed by atoms with E-state index in [1.165, 1.54) is 11.7 Å². The third kappa shape index (κ3) is 3.44. The zero-order valence-electron chi connectivity index (χ0n) is 11.2. The molecule has 1 heterocycles. The summed E-state index contributed by atoms with van der Waals surface area (Å²) in [6.45, 7) is 2.33. The van der Waals surface area contributed by atoms with Crippen LogP contribution in [0.3, 0.4) is 0 Å². The lowest BCUT2D eigenvalue weighted by molar-refractivity contribution is 0.560. The van der Waals surface area contributed by atoms with E-state index < -0.39 is 10.0 Å². The number of rotatable bonds is 5. The molecule has 2 aromatic rings. The molecule has 0 amide bonds. The van der Waals surface area contributed by atoms with Crippen LogP contribution in [0.5, 0.6) is 0 Å². The van der Waals surface area contributed by atoms with Crippen LogP contribution in [0.2, 0.25) is 0 Å². The molecule has 0 fully saturated rings. The minimum absolute atomic E-state index is 0.0294. The van der Waals surface area contributed by atoms with E-state index in [1.807, 2.05) is 31.2 Å². The maximum Gasteiger partial charge on any atom is 0.260 e. The summed E-state index contributed by atoms with van der Waals surface area (Å²) >= 11 is 3.09. The summed E-state index contributed by atoms with van der Waals surface area (Å²) in [5.41, 5.74) is 2.25. The van der Waals surface area contributed by atoms with Gasteiger partial charge >= 0.3 is 0 Å². The van der Waals surface area contributed by atoms with Crippen LogP contribution >= 0.6 is 15.9 Å². The topological polar surface area (TPSA) is 76.9 Å². The highest BCUT2D eigenvalue weighted by molar-refractivity contribution is 9.10. The molecule has 0 bridgehead atoms. The predicted molar refractivity (Wildman–Crippen MR) is 78.8 cm³/mol. The van der Waals surface area contributed by atoms with Gasteiger partial charge < -0.3 is 0 Å². The molecular weight excluding hydrogens is 344 g/mol. The van der Waals surface area contributed by atoms with E-state index in [4.69, 9.17) is 0 Å². The molecule has 8 heteroatoms. The predicted octanol–water partition coefficient (Wildman–Crippen LogP) is 1.41. The van der Waals surface area contributed by atoms with Crippen molar-refractivity contribution >= 4 is 26.0 Å². The molecule has 20 heavy (non-hydrogen) atoms. The molecule has 0 aliphatic heterocycles. The highest BCUT2D eigenvalue weighted by Gasteiger charge is 2.23. The Bertz CT molecular complexity index is 692. The van der Waals surface area contributed by atoms with Crippen molar-refractivity contribution in [3.05, 3.63) is 40.0 Å². The number of sulfonamides is 1. The molecule has 0 radical (unpaired) electrons. The van der Waals surface area contributed by atoms with Gasteiger partial charge in [-0.15, -0.1) is 5.10 Å². The van der Waals surface area contributed by atoms with Gasteiger partial charge in [0.15, 0.2) is 4.60 Å². The number of nitrogens with zero attached hydrogens (tertiary/aromatic N) is 3. The fourth-order valence-corrected chi connectivity index (χ4v) is 4.00. The van der Waals surface area contributed by atoms with E-state index in [9.17, 15) is 8.42 Å². The summed E-state index contributed by atoms with van der Waals surface area (Å²) in [5.74, 6) is 0. The Morgan fingerprint density at radius 2 is 2.15 bits per heavy atom. The maximum absolute atomic E-state index is 12.2. The average molecular weight is 359 g/mol. The van der Waals surface area contributed by atoms with Crippen LogP contribution in [0.25, 0.3) is 0 Å². The number of benzene rings is 1. The Kier molecular flexibility index (Phi) is 4.56. The third-order valence-corrected chi connectivity index (χ3v) is 5.13. The first-order chi connectivity index (χ1) is 9.40. The smallest absolute Gasteiger partial charge is 0.235 e. The molecule has 1 aromatic carbocycles. The Hall–Kier alpha value is -1.25.